The van der Waals surface area contributed by atoms with Gasteiger partial charge in [0.2, 0.25) is 0 Å². The molecule has 2 N–H and O–H groups in total. The van der Waals surface area contributed by atoms with Crippen molar-refractivity contribution in [1.29, 1.82) is 0 Å². The van der Waals surface area contributed by atoms with Crippen LogP contribution in [0, 0.1) is 6.92 Å². The van der Waals surface area contributed by atoms with Gasteiger partial charge in [-0.25, -0.2) is 9.78 Å². The molecule has 1 amide bonds. The highest BCUT2D eigenvalue weighted by atomic mass is 16.4. The molecule has 112 valence electrons. The minimum Gasteiger partial charge on any atom is -0.480 e. The van der Waals surface area contributed by atoms with E-state index in [0.29, 0.717) is 24.1 Å². The molecule has 2 aromatic heterocycles. The highest BCUT2D eigenvalue weighted by Crippen LogP contribution is 2.16. The zero-order valence-corrected chi connectivity index (χ0v) is 12.3. The van der Waals surface area contributed by atoms with Crippen LogP contribution in [0.5, 0.6) is 0 Å². The SMILES string of the molecule is CCC[C@@H](NC(=O)c1cnc2c(c1)c(C)nn2C)C(=O)O. The normalized spacial score (nSPS) is 12.3. The third kappa shape index (κ3) is 3.01. The number of pyridine rings is 1. The van der Waals surface area contributed by atoms with Crippen LogP contribution in [0.25, 0.3) is 11.0 Å². The van der Waals surface area contributed by atoms with Gasteiger partial charge in [-0.2, -0.15) is 5.10 Å². The van der Waals surface area contributed by atoms with Crippen molar-refractivity contribution in [1.82, 2.24) is 20.1 Å². The van der Waals surface area contributed by atoms with E-state index in [2.05, 4.69) is 15.4 Å². The Morgan fingerprint density at radius 2 is 2.19 bits per heavy atom. The lowest BCUT2D eigenvalue weighted by Crippen LogP contribution is -2.40. The topological polar surface area (TPSA) is 97.1 Å². The van der Waals surface area contributed by atoms with E-state index in [1.807, 2.05) is 13.8 Å². The second kappa shape index (κ2) is 5.90. The molecule has 0 radical (unpaired) electrons. The van der Waals surface area contributed by atoms with Crippen LogP contribution in [0.15, 0.2) is 12.3 Å². The Morgan fingerprint density at radius 3 is 2.81 bits per heavy atom. The molecule has 2 heterocycles. The second-order valence-electron chi connectivity index (χ2n) is 4.96. The van der Waals surface area contributed by atoms with Crippen LogP contribution in [-0.4, -0.2) is 37.8 Å². The Bertz CT molecular complexity index is 693. The van der Waals surface area contributed by atoms with E-state index in [1.54, 1.807) is 17.8 Å². The predicted octanol–water partition coefficient (Wildman–Crippen LogP) is 1.26. The molecule has 0 unspecified atom stereocenters. The van der Waals surface area contributed by atoms with Crippen molar-refractivity contribution >= 4 is 22.9 Å². The fourth-order valence-electron chi connectivity index (χ4n) is 2.22. The minimum atomic E-state index is -1.03. The number of aliphatic carboxylic acids is 1. The first-order valence-corrected chi connectivity index (χ1v) is 6.77. The Hall–Kier alpha value is -2.44. The van der Waals surface area contributed by atoms with Gasteiger partial charge in [-0.15, -0.1) is 0 Å². The maximum absolute atomic E-state index is 12.2. The first-order valence-electron chi connectivity index (χ1n) is 6.77. The summed E-state index contributed by atoms with van der Waals surface area (Å²) in [7, 11) is 1.78. The molecule has 21 heavy (non-hydrogen) atoms. The molecule has 0 aliphatic heterocycles. The largest absolute Gasteiger partial charge is 0.480 e. The molecule has 2 aromatic rings. The molecule has 7 nitrogen and oxygen atoms in total. The fraction of sp³-hybridized carbons (Fsp3) is 0.429. The number of carbonyl (C=O) groups is 2. The van der Waals surface area contributed by atoms with Crippen LogP contribution in [0.2, 0.25) is 0 Å². The third-order valence-corrected chi connectivity index (χ3v) is 3.31. The van der Waals surface area contributed by atoms with Crippen molar-refractivity contribution < 1.29 is 14.7 Å². The molecule has 0 saturated carbocycles. The second-order valence-corrected chi connectivity index (χ2v) is 4.96. The summed E-state index contributed by atoms with van der Waals surface area (Å²) in [5, 5.41) is 16.6. The van der Waals surface area contributed by atoms with Gasteiger partial charge >= 0.3 is 5.97 Å². The van der Waals surface area contributed by atoms with E-state index in [4.69, 9.17) is 5.11 Å². The summed E-state index contributed by atoms with van der Waals surface area (Å²) in [5.74, 6) is -1.47. The van der Waals surface area contributed by atoms with Gasteiger partial charge in [0, 0.05) is 18.6 Å². The standard InChI is InChI=1S/C14H18N4O3/c1-4-5-11(14(20)21)16-13(19)9-6-10-8(2)17-18(3)12(10)15-7-9/h6-7,11H,4-5H2,1-3H3,(H,16,19)(H,20,21)/t11-/m1/s1. The van der Waals surface area contributed by atoms with Crippen LogP contribution >= 0.6 is 0 Å². The highest BCUT2D eigenvalue weighted by Gasteiger charge is 2.20. The zero-order valence-electron chi connectivity index (χ0n) is 12.3. The number of nitrogens with one attached hydrogen (secondary N) is 1. The average Bonchev–Trinajstić information content (AvgIpc) is 2.73. The lowest BCUT2D eigenvalue weighted by molar-refractivity contribution is -0.139. The smallest absolute Gasteiger partial charge is 0.326 e. The predicted molar refractivity (Wildman–Crippen MR) is 77.0 cm³/mol. The van der Waals surface area contributed by atoms with Crippen LogP contribution in [0.1, 0.15) is 35.8 Å². The van der Waals surface area contributed by atoms with Gasteiger partial charge in [0.05, 0.1) is 11.3 Å². The molecule has 7 heteroatoms. The van der Waals surface area contributed by atoms with Crippen molar-refractivity contribution in [2.24, 2.45) is 7.05 Å². The van der Waals surface area contributed by atoms with Gasteiger partial charge in [0.25, 0.3) is 5.91 Å². The summed E-state index contributed by atoms with van der Waals surface area (Å²) >= 11 is 0. The maximum Gasteiger partial charge on any atom is 0.326 e. The van der Waals surface area contributed by atoms with E-state index in [0.717, 1.165) is 11.1 Å². The number of rotatable bonds is 5. The molecular formula is C14H18N4O3. The van der Waals surface area contributed by atoms with Gasteiger partial charge in [-0.3, -0.25) is 9.48 Å². The van der Waals surface area contributed by atoms with Crippen molar-refractivity contribution in [2.75, 3.05) is 0 Å². The number of hydrogen-bond acceptors (Lipinski definition) is 4. The van der Waals surface area contributed by atoms with Crippen LogP contribution in [-0.2, 0) is 11.8 Å². The van der Waals surface area contributed by atoms with Crippen molar-refractivity contribution in [3.05, 3.63) is 23.5 Å². The number of aromatic nitrogens is 3. The summed E-state index contributed by atoms with van der Waals surface area (Å²) in [4.78, 5) is 27.4. The Balaban J connectivity index is 2.27. The molecule has 2 rings (SSSR count). The van der Waals surface area contributed by atoms with Gasteiger partial charge in [0.15, 0.2) is 5.65 Å². The highest BCUT2D eigenvalue weighted by molar-refractivity contribution is 5.99. The lowest BCUT2D eigenvalue weighted by atomic mass is 10.1. The monoisotopic (exact) mass is 290 g/mol. The summed E-state index contributed by atoms with van der Waals surface area (Å²) in [6.45, 7) is 3.71. The fourth-order valence-corrected chi connectivity index (χ4v) is 2.22. The first kappa shape index (κ1) is 15.0. The summed E-state index contributed by atoms with van der Waals surface area (Å²) in [5.41, 5.74) is 1.80. The molecule has 1 atom stereocenters. The van der Waals surface area contributed by atoms with Gasteiger partial charge in [-0.1, -0.05) is 13.3 Å². The van der Waals surface area contributed by atoms with Crippen molar-refractivity contribution in [2.45, 2.75) is 32.7 Å². The number of fused-ring (bicyclic) bond motifs is 1. The summed E-state index contributed by atoms with van der Waals surface area (Å²) in [6.07, 6.45) is 2.50. The van der Waals surface area contributed by atoms with E-state index in [1.165, 1.54) is 6.20 Å². The minimum absolute atomic E-state index is 0.334. The van der Waals surface area contributed by atoms with Crippen LogP contribution < -0.4 is 5.32 Å². The first-order chi connectivity index (χ1) is 9.93. The van der Waals surface area contributed by atoms with E-state index in [-0.39, 0.29) is 0 Å². The molecule has 0 aliphatic carbocycles. The van der Waals surface area contributed by atoms with Crippen LogP contribution in [0.4, 0.5) is 0 Å². The van der Waals surface area contributed by atoms with Crippen molar-refractivity contribution in [3.8, 4) is 0 Å². The van der Waals surface area contributed by atoms with Gasteiger partial charge < -0.3 is 10.4 Å². The third-order valence-electron chi connectivity index (χ3n) is 3.31. The number of aryl methyl sites for hydroxylation is 2. The average molecular weight is 290 g/mol. The molecule has 0 fully saturated rings. The van der Waals surface area contributed by atoms with E-state index < -0.39 is 17.9 Å². The maximum atomic E-state index is 12.2. The summed E-state index contributed by atoms with van der Waals surface area (Å²) in [6, 6.07) is 0.804. The number of carboxylic acid groups (broad SMARTS) is 1. The number of hydrogen-bond donors (Lipinski definition) is 2. The van der Waals surface area contributed by atoms with Gasteiger partial charge in [-0.05, 0) is 19.4 Å². The van der Waals surface area contributed by atoms with E-state index >= 15 is 0 Å². The van der Waals surface area contributed by atoms with Crippen LogP contribution in [0.3, 0.4) is 0 Å². The number of carboxylic acids is 1. The summed E-state index contributed by atoms with van der Waals surface area (Å²) < 4.78 is 1.64. The molecule has 0 bridgehead atoms. The lowest BCUT2D eigenvalue weighted by Gasteiger charge is -2.13. The quantitative estimate of drug-likeness (QED) is 0.864. The molecular weight excluding hydrogens is 272 g/mol. The van der Waals surface area contributed by atoms with Gasteiger partial charge in [0.1, 0.15) is 6.04 Å². The number of amides is 1. The van der Waals surface area contributed by atoms with Crippen molar-refractivity contribution in [3.63, 3.8) is 0 Å². The number of nitrogens with zero attached hydrogens (tertiary/aromatic N) is 3. The Morgan fingerprint density at radius 1 is 1.48 bits per heavy atom. The Labute approximate surface area is 122 Å². The molecule has 0 saturated heterocycles. The van der Waals surface area contributed by atoms with E-state index in [9.17, 15) is 9.59 Å². The zero-order chi connectivity index (χ0) is 15.6. The molecule has 0 aliphatic rings. The molecule has 0 aromatic carbocycles. The number of carbonyl (C=O) groups excluding carboxylic acids is 1. The molecule has 0 spiro atoms. The Kier molecular flexibility index (Phi) is 4.21.